The highest BCUT2D eigenvalue weighted by molar-refractivity contribution is 9.10. The van der Waals surface area contributed by atoms with E-state index in [1.54, 1.807) is 0 Å². The molecular weight excluding hydrogens is 259 g/mol. The van der Waals surface area contributed by atoms with Gasteiger partial charge in [-0.1, -0.05) is 57.9 Å². The molecule has 0 aromatic heterocycles. The van der Waals surface area contributed by atoms with Crippen LogP contribution >= 0.6 is 27.5 Å². The molecule has 0 saturated carbocycles. The number of rotatable bonds is 1. The Morgan fingerprint density at radius 1 is 0.857 bits per heavy atom. The third kappa shape index (κ3) is 1.99. The average molecular weight is 268 g/mol. The lowest BCUT2D eigenvalue weighted by Gasteiger charge is -2.03. The van der Waals surface area contributed by atoms with Crippen LogP contribution in [0.2, 0.25) is 5.02 Å². The summed E-state index contributed by atoms with van der Waals surface area (Å²) in [6.45, 7) is 0. The highest BCUT2D eigenvalue weighted by atomic mass is 79.9. The first-order valence-electron chi connectivity index (χ1n) is 4.28. The van der Waals surface area contributed by atoms with Gasteiger partial charge in [-0.2, -0.15) is 0 Å². The summed E-state index contributed by atoms with van der Waals surface area (Å²) in [5, 5.41) is 0.787. The molecule has 2 aromatic carbocycles. The second kappa shape index (κ2) is 4.16. The molecule has 0 fully saturated rings. The van der Waals surface area contributed by atoms with Gasteiger partial charge in [-0.3, -0.25) is 0 Å². The van der Waals surface area contributed by atoms with Crippen molar-refractivity contribution in [1.29, 1.82) is 0 Å². The molecule has 2 aromatic rings. The van der Waals surface area contributed by atoms with E-state index in [4.69, 9.17) is 11.6 Å². The zero-order valence-electron chi connectivity index (χ0n) is 7.37. The Morgan fingerprint density at radius 2 is 1.50 bits per heavy atom. The van der Waals surface area contributed by atoms with Crippen LogP contribution in [-0.4, -0.2) is 0 Å². The molecule has 0 bridgehead atoms. The Kier molecular flexibility index (Phi) is 2.90. The zero-order valence-corrected chi connectivity index (χ0v) is 9.72. The largest absolute Gasteiger partial charge is 0.0837 e. The first-order chi connectivity index (χ1) is 6.77. The van der Waals surface area contributed by atoms with Crippen LogP contribution in [0.25, 0.3) is 11.1 Å². The summed E-state index contributed by atoms with van der Waals surface area (Å²) >= 11 is 9.49. The number of benzene rings is 2. The minimum absolute atomic E-state index is 0.787. The van der Waals surface area contributed by atoms with E-state index < -0.39 is 0 Å². The quantitative estimate of drug-likeness (QED) is 0.698. The van der Waals surface area contributed by atoms with E-state index in [1.807, 2.05) is 48.5 Å². The third-order valence-corrected chi connectivity index (χ3v) is 2.89. The van der Waals surface area contributed by atoms with E-state index in [2.05, 4.69) is 15.9 Å². The maximum Gasteiger partial charge on any atom is 0.0484 e. The summed E-state index contributed by atoms with van der Waals surface area (Å²) in [5.74, 6) is 0. The van der Waals surface area contributed by atoms with Crippen LogP contribution in [0.5, 0.6) is 0 Å². The molecule has 0 spiro atoms. The lowest BCUT2D eigenvalue weighted by atomic mass is 10.1. The van der Waals surface area contributed by atoms with Gasteiger partial charge in [-0.05, 0) is 23.8 Å². The third-order valence-electron chi connectivity index (χ3n) is 2.03. The van der Waals surface area contributed by atoms with Gasteiger partial charge in [0.15, 0.2) is 0 Å². The van der Waals surface area contributed by atoms with Crippen LogP contribution in [0.3, 0.4) is 0 Å². The van der Waals surface area contributed by atoms with Crippen molar-refractivity contribution in [2.24, 2.45) is 0 Å². The van der Waals surface area contributed by atoms with Gasteiger partial charge in [0.05, 0.1) is 0 Å². The molecule has 0 radical (unpaired) electrons. The first-order valence-corrected chi connectivity index (χ1v) is 5.45. The maximum absolute atomic E-state index is 6.09. The Bertz CT molecular complexity index is 434. The van der Waals surface area contributed by atoms with E-state index in [9.17, 15) is 0 Å². The summed E-state index contributed by atoms with van der Waals surface area (Å²) in [5.41, 5.74) is 2.21. The predicted molar refractivity (Wildman–Crippen MR) is 64.6 cm³/mol. The van der Waals surface area contributed by atoms with E-state index in [-0.39, 0.29) is 0 Å². The van der Waals surface area contributed by atoms with Crippen molar-refractivity contribution in [2.75, 3.05) is 0 Å². The lowest BCUT2D eigenvalue weighted by Crippen LogP contribution is -1.78. The van der Waals surface area contributed by atoms with Gasteiger partial charge in [-0.15, -0.1) is 0 Å². The summed E-state index contributed by atoms with van der Waals surface area (Å²) in [4.78, 5) is 0. The predicted octanol–water partition coefficient (Wildman–Crippen LogP) is 4.77. The van der Waals surface area contributed by atoms with Gasteiger partial charge in [0.1, 0.15) is 0 Å². The summed E-state index contributed by atoms with van der Waals surface area (Å²) < 4.78 is 1.08. The van der Waals surface area contributed by atoms with Crippen molar-refractivity contribution in [3.63, 3.8) is 0 Å². The van der Waals surface area contributed by atoms with Crippen molar-refractivity contribution in [1.82, 2.24) is 0 Å². The fraction of sp³-hybridized carbons (Fsp3) is 0. The van der Waals surface area contributed by atoms with Crippen LogP contribution in [0.15, 0.2) is 53.0 Å². The second-order valence-electron chi connectivity index (χ2n) is 2.99. The van der Waals surface area contributed by atoms with Crippen molar-refractivity contribution >= 4 is 27.5 Å². The lowest BCUT2D eigenvalue weighted by molar-refractivity contribution is 1.59. The molecular formula is C12H8BrCl. The highest BCUT2D eigenvalue weighted by Gasteiger charge is 2.00. The van der Waals surface area contributed by atoms with Crippen LogP contribution in [0.1, 0.15) is 0 Å². The Balaban J connectivity index is 2.50. The Labute approximate surface area is 96.7 Å². The Morgan fingerprint density at radius 3 is 2.14 bits per heavy atom. The van der Waals surface area contributed by atoms with Gasteiger partial charge >= 0.3 is 0 Å². The van der Waals surface area contributed by atoms with Gasteiger partial charge in [0.2, 0.25) is 0 Å². The number of halogens is 2. The molecule has 14 heavy (non-hydrogen) atoms. The maximum atomic E-state index is 6.09. The summed E-state index contributed by atoms with van der Waals surface area (Å²) in [6.07, 6.45) is 0. The fourth-order valence-electron chi connectivity index (χ4n) is 1.32. The van der Waals surface area contributed by atoms with Crippen molar-refractivity contribution < 1.29 is 0 Å². The molecule has 0 aliphatic rings. The van der Waals surface area contributed by atoms with Crippen molar-refractivity contribution in [3.8, 4) is 11.1 Å². The summed E-state index contributed by atoms with van der Waals surface area (Å²) in [7, 11) is 0. The molecule has 2 rings (SSSR count). The Hall–Kier alpha value is -0.790. The van der Waals surface area contributed by atoms with E-state index in [0.29, 0.717) is 0 Å². The van der Waals surface area contributed by atoms with Crippen LogP contribution in [0.4, 0.5) is 0 Å². The zero-order chi connectivity index (χ0) is 9.97. The fourth-order valence-corrected chi connectivity index (χ4v) is 1.83. The van der Waals surface area contributed by atoms with E-state index >= 15 is 0 Å². The minimum Gasteiger partial charge on any atom is -0.0837 e. The molecule has 0 saturated heterocycles. The van der Waals surface area contributed by atoms with Gasteiger partial charge in [-0.25, -0.2) is 0 Å². The highest BCUT2D eigenvalue weighted by Crippen LogP contribution is 2.28. The monoisotopic (exact) mass is 266 g/mol. The van der Waals surface area contributed by atoms with Crippen molar-refractivity contribution in [2.45, 2.75) is 0 Å². The molecule has 0 amide bonds. The molecule has 0 aliphatic carbocycles. The number of hydrogen-bond acceptors (Lipinski definition) is 0. The van der Waals surface area contributed by atoms with Crippen LogP contribution < -0.4 is 0 Å². The molecule has 0 aliphatic heterocycles. The second-order valence-corrected chi connectivity index (χ2v) is 4.31. The number of hydrogen-bond donors (Lipinski definition) is 0. The normalized spacial score (nSPS) is 10.1. The summed E-state index contributed by atoms with van der Waals surface area (Å²) in [6, 6.07) is 16.0. The molecule has 0 nitrogen and oxygen atoms in total. The molecule has 0 heterocycles. The van der Waals surface area contributed by atoms with Crippen LogP contribution in [0, 0.1) is 0 Å². The molecule has 0 unspecified atom stereocenters. The molecule has 2 heteroatoms. The minimum atomic E-state index is 0.787. The van der Waals surface area contributed by atoms with E-state index in [0.717, 1.165) is 20.6 Å². The first kappa shape index (κ1) is 9.75. The van der Waals surface area contributed by atoms with Gasteiger partial charge < -0.3 is 0 Å². The van der Waals surface area contributed by atoms with Crippen molar-refractivity contribution in [3.05, 3.63) is 58.0 Å². The van der Waals surface area contributed by atoms with E-state index in [1.165, 1.54) is 0 Å². The molecule has 0 atom stereocenters. The average Bonchev–Trinajstić information content (AvgIpc) is 2.20. The van der Waals surface area contributed by atoms with Gasteiger partial charge in [0, 0.05) is 15.1 Å². The molecule has 0 N–H and O–H groups in total. The smallest absolute Gasteiger partial charge is 0.0484 e. The molecule has 70 valence electrons. The van der Waals surface area contributed by atoms with Gasteiger partial charge in [0.25, 0.3) is 0 Å². The topological polar surface area (TPSA) is 0 Å². The standard InChI is InChI=1S/C12H8BrCl/c13-10-7-5-9(6-8-10)11-3-1-2-4-12(11)14/h1-8H. The SMILES string of the molecule is Clc1ccccc1-c1ccc(Br)cc1. The van der Waals surface area contributed by atoms with Crippen LogP contribution in [-0.2, 0) is 0 Å².